The van der Waals surface area contributed by atoms with Gasteiger partial charge in [-0.1, -0.05) is 0 Å². The number of halogens is 4. The van der Waals surface area contributed by atoms with Crippen LogP contribution in [0.5, 0.6) is 0 Å². The second-order valence-corrected chi connectivity index (χ2v) is 3.50. The molecule has 0 aliphatic rings. The largest absolute Gasteiger partial charge is 0.389 e. The second-order valence-electron chi connectivity index (χ2n) is 3.12. The second kappa shape index (κ2) is 8.64. The first-order valence-corrected chi connectivity index (χ1v) is 5.46. The molecule has 16 heavy (non-hydrogen) atoms. The zero-order valence-electron chi connectivity index (χ0n) is 8.78. The Morgan fingerprint density at radius 2 is 2.00 bits per heavy atom. The fraction of sp³-hybridized carbons (Fsp3) is 0.889. The van der Waals surface area contributed by atoms with Crippen LogP contribution >= 0.6 is 11.6 Å². The van der Waals surface area contributed by atoms with Crippen LogP contribution < -0.4 is 5.32 Å². The predicted octanol–water partition coefficient (Wildman–Crippen LogP) is 2.09. The minimum atomic E-state index is -4.28. The molecular weight excluding hydrogens is 247 g/mol. The van der Waals surface area contributed by atoms with Gasteiger partial charge < -0.3 is 10.1 Å². The molecule has 0 aromatic carbocycles. The summed E-state index contributed by atoms with van der Waals surface area (Å²) in [6.07, 6.45) is -5.32. The Morgan fingerprint density at radius 1 is 1.31 bits per heavy atom. The molecule has 3 nitrogen and oxygen atoms in total. The average molecular weight is 262 g/mol. The number of nitrogens with one attached hydrogen (secondary N) is 1. The van der Waals surface area contributed by atoms with Crippen molar-refractivity contribution in [2.45, 2.75) is 25.4 Å². The van der Waals surface area contributed by atoms with Gasteiger partial charge in [-0.25, -0.2) is 0 Å². The lowest BCUT2D eigenvalue weighted by atomic mass is 10.3. The number of ether oxygens (including phenoxy) is 1. The highest BCUT2D eigenvalue weighted by Crippen LogP contribution is 2.20. The van der Waals surface area contributed by atoms with Gasteiger partial charge in [-0.2, -0.15) is 13.2 Å². The molecule has 0 fully saturated rings. The predicted molar refractivity (Wildman–Crippen MR) is 54.5 cm³/mol. The van der Waals surface area contributed by atoms with Gasteiger partial charge in [0.25, 0.3) is 0 Å². The summed E-state index contributed by atoms with van der Waals surface area (Å²) in [5.74, 6) is -0.188. The van der Waals surface area contributed by atoms with Crippen molar-refractivity contribution in [1.29, 1.82) is 0 Å². The van der Waals surface area contributed by atoms with E-state index in [-0.39, 0.29) is 0 Å². The third-order valence-corrected chi connectivity index (χ3v) is 1.80. The van der Waals surface area contributed by atoms with Crippen LogP contribution in [0.3, 0.4) is 0 Å². The Morgan fingerprint density at radius 3 is 2.56 bits per heavy atom. The Labute approximate surface area is 97.3 Å². The molecule has 0 aliphatic carbocycles. The van der Waals surface area contributed by atoms with E-state index in [9.17, 15) is 18.0 Å². The van der Waals surface area contributed by atoms with Gasteiger partial charge in [0, 0.05) is 25.5 Å². The molecule has 0 atom stereocenters. The van der Waals surface area contributed by atoms with Gasteiger partial charge in [-0.3, -0.25) is 4.79 Å². The summed E-state index contributed by atoms with van der Waals surface area (Å²) in [5.41, 5.74) is 0. The minimum absolute atomic E-state index is 0.318. The van der Waals surface area contributed by atoms with Gasteiger partial charge in [-0.05, 0) is 6.42 Å². The standard InChI is InChI=1S/C9H15ClF3NO2/c10-4-7-16-6-1-5-14-8(15)2-3-9(11,12)13/h1-7H2,(H,14,15). The fourth-order valence-corrected chi connectivity index (χ4v) is 1.01. The Balaban J connectivity index is 3.31. The van der Waals surface area contributed by atoms with Gasteiger partial charge in [0.2, 0.25) is 5.91 Å². The number of amides is 1. The lowest BCUT2D eigenvalue weighted by Crippen LogP contribution is -2.26. The van der Waals surface area contributed by atoms with E-state index in [0.717, 1.165) is 0 Å². The maximum atomic E-state index is 11.7. The molecule has 0 aromatic heterocycles. The maximum Gasteiger partial charge on any atom is 0.389 e. The van der Waals surface area contributed by atoms with Crippen molar-refractivity contribution in [3.8, 4) is 0 Å². The van der Waals surface area contributed by atoms with Gasteiger partial charge in [-0.15, -0.1) is 11.6 Å². The number of hydrogen-bond acceptors (Lipinski definition) is 2. The summed E-state index contributed by atoms with van der Waals surface area (Å²) in [6, 6.07) is 0. The zero-order valence-corrected chi connectivity index (χ0v) is 9.53. The van der Waals surface area contributed by atoms with Crippen LogP contribution in [-0.2, 0) is 9.53 Å². The van der Waals surface area contributed by atoms with E-state index in [1.54, 1.807) is 0 Å². The van der Waals surface area contributed by atoms with Crippen LogP contribution in [-0.4, -0.2) is 37.7 Å². The van der Waals surface area contributed by atoms with Crippen LogP contribution in [0.2, 0.25) is 0 Å². The van der Waals surface area contributed by atoms with E-state index in [1.165, 1.54) is 0 Å². The van der Waals surface area contributed by atoms with Crippen LogP contribution in [0, 0.1) is 0 Å². The number of rotatable bonds is 8. The van der Waals surface area contributed by atoms with Gasteiger partial charge >= 0.3 is 6.18 Å². The molecule has 1 amide bonds. The third-order valence-electron chi connectivity index (χ3n) is 1.64. The van der Waals surface area contributed by atoms with Crippen molar-refractivity contribution in [3.63, 3.8) is 0 Å². The molecule has 0 saturated carbocycles. The first-order valence-electron chi connectivity index (χ1n) is 4.93. The molecule has 0 bridgehead atoms. The summed E-state index contributed by atoms with van der Waals surface area (Å²) in [6.45, 7) is 1.19. The molecule has 0 unspecified atom stereocenters. The number of alkyl halides is 4. The van der Waals surface area contributed by atoms with Crippen molar-refractivity contribution in [2.75, 3.05) is 25.6 Å². The monoisotopic (exact) mass is 261 g/mol. The van der Waals surface area contributed by atoms with Crippen molar-refractivity contribution in [1.82, 2.24) is 5.32 Å². The molecule has 0 aromatic rings. The Kier molecular flexibility index (Phi) is 8.37. The lowest BCUT2D eigenvalue weighted by Gasteiger charge is -2.07. The molecule has 0 spiro atoms. The Hall–Kier alpha value is -0.490. The van der Waals surface area contributed by atoms with E-state index < -0.39 is 24.9 Å². The molecule has 7 heteroatoms. The van der Waals surface area contributed by atoms with Crippen molar-refractivity contribution in [2.24, 2.45) is 0 Å². The first kappa shape index (κ1) is 15.5. The van der Waals surface area contributed by atoms with Crippen LogP contribution in [0.25, 0.3) is 0 Å². The number of carbonyl (C=O) groups is 1. The highest BCUT2D eigenvalue weighted by Gasteiger charge is 2.27. The molecule has 0 heterocycles. The normalized spacial score (nSPS) is 11.5. The minimum Gasteiger partial charge on any atom is -0.380 e. The first-order chi connectivity index (χ1) is 7.45. The highest BCUT2D eigenvalue weighted by atomic mass is 35.5. The van der Waals surface area contributed by atoms with E-state index in [0.29, 0.717) is 32.1 Å². The van der Waals surface area contributed by atoms with Crippen LogP contribution in [0.1, 0.15) is 19.3 Å². The molecule has 0 aliphatic heterocycles. The summed E-state index contributed by atoms with van der Waals surface area (Å²) < 4.78 is 40.2. The van der Waals surface area contributed by atoms with E-state index in [2.05, 4.69) is 5.32 Å². The average Bonchev–Trinajstić information content (AvgIpc) is 2.19. The number of carbonyl (C=O) groups excluding carboxylic acids is 1. The van der Waals surface area contributed by atoms with Crippen molar-refractivity contribution < 1.29 is 22.7 Å². The smallest absolute Gasteiger partial charge is 0.380 e. The van der Waals surface area contributed by atoms with Crippen LogP contribution in [0.15, 0.2) is 0 Å². The molecule has 0 saturated heterocycles. The van der Waals surface area contributed by atoms with Gasteiger partial charge in [0.05, 0.1) is 13.0 Å². The molecule has 0 radical (unpaired) electrons. The highest BCUT2D eigenvalue weighted by molar-refractivity contribution is 6.17. The van der Waals surface area contributed by atoms with E-state index in [1.807, 2.05) is 0 Å². The molecule has 1 N–H and O–H groups in total. The van der Waals surface area contributed by atoms with Crippen LogP contribution in [0.4, 0.5) is 13.2 Å². The van der Waals surface area contributed by atoms with E-state index in [4.69, 9.17) is 16.3 Å². The topological polar surface area (TPSA) is 38.3 Å². The summed E-state index contributed by atoms with van der Waals surface area (Å²) >= 11 is 5.35. The summed E-state index contributed by atoms with van der Waals surface area (Å²) in [5, 5.41) is 2.38. The SMILES string of the molecule is O=C(CCC(F)(F)F)NCCCOCCCl. The number of hydrogen-bond donors (Lipinski definition) is 1. The maximum absolute atomic E-state index is 11.7. The lowest BCUT2D eigenvalue weighted by molar-refractivity contribution is -0.144. The third kappa shape index (κ3) is 11.6. The molecule has 0 rings (SSSR count). The van der Waals surface area contributed by atoms with E-state index >= 15 is 0 Å². The van der Waals surface area contributed by atoms with Crippen molar-refractivity contribution >= 4 is 17.5 Å². The quantitative estimate of drug-likeness (QED) is 0.537. The molecular formula is C9H15ClF3NO2. The summed E-state index contributed by atoms with van der Waals surface area (Å²) in [4.78, 5) is 10.9. The zero-order chi connectivity index (χ0) is 12.4. The summed E-state index contributed by atoms with van der Waals surface area (Å²) in [7, 11) is 0. The molecule has 96 valence electrons. The van der Waals surface area contributed by atoms with Gasteiger partial charge in [0.15, 0.2) is 0 Å². The fourth-order valence-electron chi connectivity index (χ4n) is 0.902. The van der Waals surface area contributed by atoms with Crippen molar-refractivity contribution in [3.05, 3.63) is 0 Å². The van der Waals surface area contributed by atoms with Gasteiger partial charge in [0.1, 0.15) is 0 Å². The Bertz CT molecular complexity index is 200.